The van der Waals surface area contributed by atoms with Crippen molar-refractivity contribution in [1.29, 1.82) is 0 Å². The summed E-state index contributed by atoms with van der Waals surface area (Å²) in [7, 11) is 0. The van der Waals surface area contributed by atoms with Gasteiger partial charge < -0.3 is 0 Å². The van der Waals surface area contributed by atoms with Crippen LogP contribution in [0.4, 0.5) is 0 Å². The van der Waals surface area contributed by atoms with E-state index in [0.717, 1.165) is 15.6 Å². The average molecular weight is 1620 g/mol. The van der Waals surface area contributed by atoms with Crippen LogP contribution in [0.3, 0.4) is 0 Å². The molecule has 212 valence electrons. The molecule has 0 bridgehead atoms. The van der Waals surface area contributed by atoms with Crippen LogP contribution in [-0.2, 0) is 7.56 Å². The molecule has 0 saturated heterocycles. The van der Waals surface area contributed by atoms with E-state index in [1.54, 1.807) is 0 Å². The second-order valence-electron chi connectivity index (χ2n) is 8.18. The maximum atomic E-state index is 4.29. The number of rotatable bonds is 5. The molecule has 2 aromatic carbocycles. The first-order valence-corrected chi connectivity index (χ1v) is 23.2. The van der Waals surface area contributed by atoms with Gasteiger partial charge in [-0.25, -0.2) is 0 Å². The zero-order valence-electron chi connectivity index (χ0n) is 17.6. The van der Waals surface area contributed by atoms with E-state index in [-0.39, 0.29) is 0 Å². The Morgan fingerprint density at radius 1 is 0.474 bits per heavy atom. The molecule has 3 rings (SSSR count). The topological polar surface area (TPSA) is 0 Å². The fourth-order valence-corrected chi connectivity index (χ4v) is 26.3. The average Bonchev–Trinajstić information content (AvgIpc) is 2.82. The SMILES string of the molecule is Brc1ccccc1C(Br)(C(Br)(Br)c1ccccc1)C(Br)(Br)C1(Br)C(Br)(Br)C(Br)(Br)C(Br)(Br)C(Br)(Br)C1(Br)Br. The Morgan fingerprint density at radius 2 is 0.842 bits per heavy atom. The number of halogens is 17. The zero-order chi connectivity index (χ0) is 29.6. The fourth-order valence-electron chi connectivity index (χ4n) is 3.98. The van der Waals surface area contributed by atoms with Gasteiger partial charge in [-0.2, -0.15) is 0 Å². The van der Waals surface area contributed by atoms with Crippen LogP contribution < -0.4 is 0 Å². The number of benzene rings is 2. The predicted molar refractivity (Wildman–Crippen MR) is 226 cm³/mol. The minimum absolute atomic E-state index is 0.880. The van der Waals surface area contributed by atoms with Crippen molar-refractivity contribution in [3.8, 4) is 0 Å². The summed E-state index contributed by atoms with van der Waals surface area (Å²) in [6, 6.07) is 18.2. The third-order valence-electron chi connectivity index (χ3n) is 6.12. The Kier molecular flexibility index (Phi) is 13.2. The van der Waals surface area contributed by atoms with E-state index in [1.165, 1.54) is 0 Å². The van der Waals surface area contributed by atoms with Gasteiger partial charge in [0.15, 0.2) is 0 Å². The van der Waals surface area contributed by atoms with Crippen LogP contribution in [-0.4, -0.2) is 23.7 Å². The minimum atomic E-state index is -1.12. The van der Waals surface area contributed by atoms with Crippen molar-refractivity contribution < 1.29 is 0 Å². The van der Waals surface area contributed by atoms with E-state index in [9.17, 15) is 0 Å². The molecule has 1 saturated carbocycles. The van der Waals surface area contributed by atoms with E-state index < -0.39 is 31.3 Å². The van der Waals surface area contributed by atoms with Crippen molar-refractivity contribution in [2.45, 2.75) is 31.3 Å². The first-order valence-electron chi connectivity index (χ1n) is 9.70. The van der Waals surface area contributed by atoms with Crippen LogP contribution in [0.15, 0.2) is 59.1 Å². The summed E-state index contributed by atoms with van der Waals surface area (Å²) in [5.41, 5.74) is 1.89. The lowest BCUT2D eigenvalue weighted by Crippen LogP contribution is -2.84. The van der Waals surface area contributed by atoms with Gasteiger partial charge in [0.25, 0.3) is 0 Å². The standard InChI is InChI=1S/C21H9Br17/c22-12-9-5-4-8-11(12)13(23,14(24,25)10-6-2-1-3-7-10)16(27,28)15(26)17(29,30)19(33,34)21(37,38)20(35,36)18(15,31)32/h1-9H. The summed E-state index contributed by atoms with van der Waals surface area (Å²) in [6.07, 6.45) is 0. The molecule has 2 aromatic rings. The van der Waals surface area contributed by atoms with Gasteiger partial charge in [-0.3, -0.25) is 0 Å². The quantitative estimate of drug-likeness (QED) is 0.262. The van der Waals surface area contributed by atoms with Gasteiger partial charge in [0.05, 0.1) is 0 Å². The lowest BCUT2D eigenvalue weighted by Gasteiger charge is -2.71. The molecular weight excluding hydrogens is 1610 g/mol. The maximum Gasteiger partial charge on any atom is 0.135 e. The van der Waals surface area contributed by atoms with Gasteiger partial charge in [0.1, 0.15) is 31.3 Å². The van der Waals surface area contributed by atoms with Crippen LogP contribution in [0.5, 0.6) is 0 Å². The summed E-state index contributed by atoms with van der Waals surface area (Å²) >= 11 is 69.0. The molecule has 0 spiro atoms. The molecule has 0 heterocycles. The van der Waals surface area contributed by atoms with E-state index >= 15 is 0 Å². The summed E-state index contributed by atoms with van der Waals surface area (Å²) in [5.74, 6) is 0. The van der Waals surface area contributed by atoms with Crippen molar-refractivity contribution in [2.75, 3.05) is 0 Å². The third-order valence-corrected chi connectivity index (χ3v) is 40.4. The summed E-state index contributed by atoms with van der Waals surface area (Å²) in [4.78, 5) is 0. The van der Waals surface area contributed by atoms with Crippen molar-refractivity contribution >= 4 is 271 Å². The Bertz CT molecular complexity index is 1170. The van der Waals surface area contributed by atoms with Crippen LogP contribution >= 0.6 is 271 Å². The molecule has 0 aliphatic heterocycles. The molecule has 0 nitrogen and oxygen atoms in total. The number of alkyl halides is 16. The summed E-state index contributed by atoms with van der Waals surface area (Å²) in [6.45, 7) is 0. The van der Waals surface area contributed by atoms with Gasteiger partial charge in [-0.05, 0) is 17.2 Å². The van der Waals surface area contributed by atoms with Crippen molar-refractivity contribution in [1.82, 2.24) is 0 Å². The van der Waals surface area contributed by atoms with E-state index in [2.05, 4.69) is 289 Å². The zero-order valence-corrected chi connectivity index (χ0v) is 44.6. The number of hydrogen-bond donors (Lipinski definition) is 0. The monoisotopic (exact) mass is 1600 g/mol. The molecule has 1 aliphatic carbocycles. The Balaban J connectivity index is 2.56. The second-order valence-corrected chi connectivity index (χ2v) is 35.5. The first-order chi connectivity index (χ1) is 16.9. The smallest absolute Gasteiger partial charge is 0.0776 e. The Labute approximate surface area is 365 Å². The molecule has 0 amide bonds. The highest BCUT2D eigenvalue weighted by Crippen LogP contribution is 2.87. The molecule has 0 aromatic heterocycles. The Hall–Kier alpha value is 6.60. The molecule has 1 fully saturated rings. The van der Waals surface area contributed by atoms with Crippen LogP contribution in [0, 0.1) is 0 Å². The van der Waals surface area contributed by atoms with E-state index in [1.807, 2.05) is 36.4 Å². The number of hydrogen-bond acceptors (Lipinski definition) is 0. The highest BCUT2D eigenvalue weighted by molar-refractivity contribution is 9.36. The van der Waals surface area contributed by atoms with E-state index in [4.69, 9.17) is 0 Å². The van der Waals surface area contributed by atoms with Gasteiger partial charge in [0, 0.05) is 4.47 Å². The predicted octanol–water partition coefficient (Wildman–Crippen LogP) is 15.7. The lowest BCUT2D eigenvalue weighted by molar-refractivity contribution is 0.342. The fraction of sp³-hybridized carbons (Fsp3) is 0.429. The molecule has 0 N–H and O–H groups in total. The molecular formula is C21H9Br17. The van der Waals surface area contributed by atoms with Gasteiger partial charge >= 0.3 is 0 Å². The largest absolute Gasteiger partial charge is 0.135 e. The van der Waals surface area contributed by atoms with Gasteiger partial charge in [0.2, 0.25) is 0 Å². The molecule has 1 unspecified atom stereocenters. The van der Waals surface area contributed by atoms with Gasteiger partial charge in [-0.1, -0.05) is 319 Å². The van der Waals surface area contributed by atoms with Crippen LogP contribution in [0.25, 0.3) is 0 Å². The highest BCUT2D eigenvalue weighted by Gasteiger charge is 2.90. The summed E-state index contributed by atoms with van der Waals surface area (Å²) < 4.78 is -8.08. The third kappa shape index (κ3) is 5.24. The minimum Gasteiger partial charge on any atom is -0.0776 e. The molecule has 38 heavy (non-hydrogen) atoms. The van der Waals surface area contributed by atoms with Crippen molar-refractivity contribution in [2.24, 2.45) is 0 Å². The maximum absolute atomic E-state index is 4.29. The molecule has 1 aliphatic rings. The summed E-state index contributed by atoms with van der Waals surface area (Å²) in [5, 5.41) is 0. The first kappa shape index (κ1) is 39.0. The molecule has 1 atom stereocenters. The lowest BCUT2D eigenvalue weighted by atomic mass is 9.76. The normalized spacial score (nSPS) is 24.9. The van der Waals surface area contributed by atoms with Crippen molar-refractivity contribution in [3.63, 3.8) is 0 Å². The second kappa shape index (κ2) is 12.8. The van der Waals surface area contributed by atoms with Crippen molar-refractivity contribution in [3.05, 3.63) is 70.2 Å². The molecule has 17 heteroatoms. The molecule has 0 radical (unpaired) electrons. The Morgan fingerprint density at radius 3 is 1.26 bits per heavy atom. The van der Waals surface area contributed by atoms with Gasteiger partial charge in [-0.15, -0.1) is 0 Å². The van der Waals surface area contributed by atoms with Crippen LogP contribution in [0.1, 0.15) is 11.1 Å². The highest BCUT2D eigenvalue weighted by atomic mass is 79.9. The van der Waals surface area contributed by atoms with Crippen LogP contribution in [0.2, 0.25) is 0 Å². The van der Waals surface area contributed by atoms with E-state index in [0.29, 0.717) is 0 Å².